The molecular weight excluding hydrogens is 353 g/mol. The predicted octanol–water partition coefficient (Wildman–Crippen LogP) is 3.02. The van der Waals surface area contributed by atoms with Crippen LogP contribution >= 0.6 is 0 Å². The Bertz CT molecular complexity index is 830. The van der Waals surface area contributed by atoms with Gasteiger partial charge in [0.15, 0.2) is 28.8 Å². The van der Waals surface area contributed by atoms with Gasteiger partial charge in [-0.25, -0.2) is 8.78 Å². The number of carbonyl (C=O) groups excluding carboxylic acids is 1. The van der Waals surface area contributed by atoms with Gasteiger partial charge in [-0.15, -0.1) is 0 Å². The number of hydrogen-bond acceptors (Lipinski definition) is 5. The van der Waals surface area contributed by atoms with Gasteiger partial charge in [0, 0.05) is 19.2 Å². The van der Waals surface area contributed by atoms with E-state index in [1.807, 2.05) is 13.8 Å². The van der Waals surface area contributed by atoms with Gasteiger partial charge in [0.1, 0.15) is 0 Å². The zero-order valence-corrected chi connectivity index (χ0v) is 14.4. The summed E-state index contributed by atoms with van der Waals surface area (Å²) >= 11 is 0. The third-order valence-electron chi connectivity index (χ3n) is 4.02. The average Bonchev–Trinajstić information content (AvgIpc) is 3.07. The van der Waals surface area contributed by atoms with Crippen LogP contribution in [0.4, 0.5) is 13.2 Å². The number of hydrogen-bond donors (Lipinski definition) is 0. The largest absolute Gasteiger partial charge is 0.491 e. The predicted molar refractivity (Wildman–Crippen MR) is 84.3 cm³/mol. The Morgan fingerprint density at radius 1 is 1.19 bits per heavy atom. The summed E-state index contributed by atoms with van der Waals surface area (Å²) in [5.41, 5.74) is -0.458. The maximum absolute atomic E-state index is 14.3. The van der Waals surface area contributed by atoms with Crippen LogP contribution in [0.15, 0.2) is 16.7 Å². The van der Waals surface area contributed by atoms with E-state index in [9.17, 15) is 18.0 Å². The molecule has 1 aliphatic heterocycles. The molecule has 2 aromatic rings. The van der Waals surface area contributed by atoms with Crippen LogP contribution in [0.3, 0.4) is 0 Å². The van der Waals surface area contributed by atoms with Crippen molar-refractivity contribution in [3.8, 4) is 17.1 Å². The molecule has 1 fully saturated rings. The summed E-state index contributed by atoms with van der Waals surface area (Å²) in [7, 11) is 1.01. The van der Waals surface area contributed by atoms with Crippen LogP contribution in [0.2, 0.25) is 0 Å². The van der Waals surface area contributed by atoms with Crippen LogP contribution in [-0.4, -0.2) is 48.4 Å². The number of amides is 1. The third-order valence-corrected chi connectivity index (χ3v) is 4.02. The lowest BCUT2D eigenvalue weighted by molar-refractivity contribution is -0.0588. The van der Waals surface area contributed by atoms with Crippen molar-refractivity contribution in [2.45, 2.75) is 26.1 Å². The second-order valence-corrected chi connectivity index (χ2v) is 6.11. The van der Waals surface area contributed by atoms with Crippen molar-refractivity contribution in [1.82, 2.24) is 10.1 Å². The lowest BCUT2D eigenvalue weighted by atomic mass is 10.1. The van der Waals surface area contributed by atoms with Crippen molar-refractivity contribution >= 4 is 5.91 Å². The Balaban J connectivity index is 1.91. The molecule has 6 nitrogen and oxygen atoms in total. The molecule has 0 radical (unpaired) electrons. The summed E-state index contributed by atoms with van der Waals surface area (Å²) in [6, 6.07) is 1.81. The van der Waals surface area contributed by atoms with Crippen LogP contribution in [0, 0.1) is 17.5 Å². The van der Waals surface area contributed by atoms with Crippen molar-refractivity contribution in [2.24, 2.45) is 0 Å². The molecule has 0 bridgehead atoms. The Hall–Kier alpha value is -2.55. The number of halogens is 3. The molecule has 3 rings (SSSR count). The fraction of sp³-hybridized carbons (Fsp3) is 0.412. The number of carbonyl (C=O) groups is 1. The van der Waals surface area contributed by atoms with E-state index in [2.05, 4.69) is 9.89 Å². The molecular formula is C17H17F3N2O4. The Morgan fingerprint density at radius 2 is 1.85 bits per heavy atom. The lowest BCUT2D eigenvalue weighted by Crippen LogP contribution is -2.48. The second kappa shape index (κ2) is 6.99. The van der Waals surface area contributed by atoms with Gasteiger partial charge in [-0.1, -0.05) is 5.16 Å². The number of nitrogens with zero attached hydrogens (tertiary/aromatic N) is 2. The summed E-state index contributed by atoms with van der Waals surface area (Å²) < 4.78 is 56.6. The van der Waals surface area contributed by atoms with E-state index in [0.29, 0.717) is 19.2 Å². The topological polar surface area (TPSA) is 64.8 Å². The first-order chi connectivity index (χ1) is 12.3. The van der Waals surface area contributed by atoms with Gasteiger partial charge < -0.3 is 18.9 Å². The summed E-state index contributed by atoms with van der Waals surface area (Å²) in [4.78, 5) is 14.1. The molecule has 1 amide bonds. The van der Waals surface area contributed by atoms with Gasteiger partial charge in [-0.3, -0.25) is 4.79 Å². The van der Waals surface area contributed by atoms with Crippen molar-refractivity contribution in [1.29, 1.82) is 0 Å². The van der Waals surface area contributed by atoms with Crippen molar-refractivity contribution in [3.05, 3.63) is 35.3 Å². The van der Waals surface area contributed by atoms with E-state index in [1.54, 1.807) is 4.90 Å². The van der Waals surface area contributed by atoms with E-state index in [4.69, 9.17) is 9.26 Å². The van der Waals surface area contributed by atoms with E-state index < -0.39 is 34.7 Å². The second-order valence-electron chi connectivity index (χ2n) is 6.11. The van der Waals surface area contributed by atoms with Crippen molar-refractivity contribution in [3.63, 3.8) is 0 Å². The molecule has 2 atom stereocenters. The minimum atomic E-state index is -1.44. The fourth-order valence-electron chi connectivity index (χ4n) is 2.95. The van der Waals surface area contributed by atoms with E-state index in [0.717, 1.165) is 7.11 Å². The molecule has 0 saturated carbocycles. The van der Waals surface area contributed by atoms with Crippen LogP contribution in [0.5, 0.6) is 5.75 Å². The number of methoxy groups -OCH3 is 1. The highest BCUT2D eigenvalue weighted by molar-refractivity contribution is 5.93. The normalized spacial score (nSPS) is 20.3. The van der Waals surface area contributed by atoms with Crippen LogP contribution in [0.25, 0.3) is 11.3 Å². The SMILES string of the molecule is COc1c(F)c(F)cc(-c2cc(C(=O)N3C[C@@H](C)O[C@@H](C)C3)no2)c1F. The lowest BCUT2D eigenvalue weighted by Gasteiger charge is -2.34. The van der Waals surface area contributed by atoms with Gasteiger partial charge in [-0.05, 0) is 19.9 Å². The third kappa shape index (κ3) is 3.26. The van der Waals surface area contributed by atoms with Crippen LogP contribution in [0.1, 0.15) is 24.3 Å². The molecule has 1 aliphatic rings. The van der Waals surface area contributed by atoms with E-state index in [1.165, 1.54) is 6.07 Å². The number of ether oxygens (including phenoxy) is 2. The number of rotatable bonds is 3. The first-order valence-electron chi connectivity index (χ1n) is 7.95. The highest BCUT2D eigenvalue weighted by Gasteiger charge is 2.29. The summed E-state index contributed by atoms with van der Waals surface area (Å²) in [5.74, 6) is -5.40. The fourth-order valence-corrected chi connectivity index (χ4v) is 2.95. The van der Waals surface area contributed by atoms with Crippen LogP contribution < -0.4 is 4.74 Å². The summed E-state index contributed by atoms with van der Waals surface area (Å²) in [6.07, 6.45) is -0.274. The van der Waals surface area contributed by atoms with Gasteiger partial charge in [0.2, 0.25) is 5.82 Å². The number of aromatic nitrogens is 1. The minimum Gasteiger partial charge on any atom is -0.491 e. The van der Waals surface area contributed by atoms with Gasteiger partial charge in [-0.2, -0.15) is 4.39 Å². The Morgan fingerprint density at radius 3 is 2.46 bits per heavy atom. The molecule has 140 valence electrons. The Labute approximate surface area is 147 Å². The van der Waals surface area contributed by atoms with E-state index in [-0.39, 0.29) is 23.7 Å². The Kier molecular flexibility index (Phi) is 4.90. The molecule has 2 heterocycles. The minimum absolute atomic E-state index is 0.0654. The van der Waals surface area contributed by atoms with E-state index >= 15 is 0 Å². The number of morpholine rings is 1. The van der Waals surface area contributed by atoms with Crippen LogP contribution in [-0.2, 0) is 4.74 Å². The van der Waals surface area contributed by atoms with Gasteiger partial charge in [0.25, 0.3) is 5.91 Å². The molecule has 1 saturated heterocycles. The molecule has 0 spiro atoms. The molecule has 1 aromatic carbocycles. The highest BCUT2D eigenvalue weighted by atomic mass is 19.2. The summed E-state index contributed by atoms with van der Waals surface area (Å²) in [6.45, 7) is 4.43. The standard InChI is InChI=1S/C17H17F3N2O4/c1-8-6-22(7-9(2)25-8)17(23)12-5-13(26-21-12)10-4-11(18)15(20)16(24-3)14(10)19/h4-5,8-9H,6-7H2,1-3H3/t8-,9+. The van der Waals surface area contributed by atoms with Gasteiger partial charge >= 0.3 is 0 Å². The maximum Gasteiger partial charge on any atom is 0.276 e. The van der Waals surface area contributed by atoms with Crippen molar-refractivity contribution in [2.75, 3.05) is 20.2 Å². The highest BCUT2D eigenvalue weighted by Crippen LogP contribution is 2.33. The summed E-state index contributed by atoms with van der Waals surface area (Å²) in [5, 5.41) is 3.64. The molecule has 0 N–H and O–H groups in total. The first kappa shape index (κ1) is 18.2. The molecule has 26 heavy (non-hydrogen) atoms. The quantitative estimate of drug-likeness (QED) is 0.777. The zero-order valence-electron chi connectivity index (χ0n) is 14.4. The molecule has 9 heteroatoms. The average molecular weight is 370 g/mol. The molecule has 0 aliphatic carbocycles. The molecule has 0 unspecified atom stereocenters. The van der Waals surface area contributed by atoms with Crippen molar-refractivity contribution < 1.29 is 32.0 Å². The molecule has 1 aromatic heterocycles. The smallest absolute Gasteiger partial charge is 0.276 e. The van der Waals surface area contributed by atoms with Gasteiger partial charge in [0.05, 0.1) is 24.9 Å². The monoisotopic (exact) mass is 370 g/mol. The maximum atomic E-state index is 14.3. The zero-order chi connectivity index (χ0) is 19.0. The first-order valence-corrected chi connectivity index (χ1v) is 7.95. The number of benzene rings is 1.